The first-order chi connectivity index (χ1) is 14.7. The molecule has 0 aliphatic carbocycles. The van der Waals surface area contributed by atoms with Crippen molar-refractivity contribution in [3.8, 4) is 0 Å². The monoisotopic (exact) mass is 393 g/mol. The highest BCUT2D eigenvalue weighted by Gasteiger charge is 2.17. The summed E-state index contributed by atoms with van der Waals surface area (Å²) in [7, 11) is 0. The van der Waals surface area contributed by atoms with Crippen molar-refractivity contribution in [2.45, 2.75) is 20.3 Å². The maximum atomic E-state index is 4.80. The number of hydrogen-bond donors (Lipinski definition) is 2. The largest absolute Gasteiger partial charge is 0.360 e. The SMILES string of the molecule is Cc1cc2[nH]ccc2[n+](-n2ccc3cc(Cc4cc(C)nc5cc[nH]c45)ncc32)c1. The normalized spacial score (nSPS) is 11.8. The van der Waals surface area contributed by atoms with Gasteiger partial charge in [-0.2, -0.15) is 0 Å². The third-order valence-electron chi connectivity index (χ3n) is 5.64. The Morgan fingerprint density at radius 1 is 1.03 bits per heavy atom. The molecule has 0 aliphatic heterocycles. The Balaban J connectivity index is 1.44. The second-order valence-electron chi connectivity index (χ2n) is 7.87. The number of nitrogens with zero attached hydrogens (tertiary/aromatic N) is 4. The maximum Gasteiger partial charge on any atom is 0.260 e. The highest BCUT2D eigenvalue weighted by molar-refractivity contribution is 5.81. The van der Waals surface area contributed by atoms with Gasteiger partial charge in [0.15, 0.2) is 0 Å². The second kappa shape index (κ2) is 6.29. The van der Waals surface area contributed by atoms with Crippen LogP contribution in [0.25, 0.3) is 33.0 Å². The molecule has 0 atom stereocenters. The minimum atomic E-state index is 0.765. The predicted octanol–water partition coefficient (Wildman–Crippen LogP) is 4.20. The van der Waals surface area contributed by atoms with Crippen LogP contribution in [0.3, 0.4) is 0 Å². The van der Waals surface area contributed by atoms with E-state index in [0.29, 0.717) is 0 Å². The molecule has 0 amide bonds. The lowest BCUT2D eigenvalue weighted by Gasteiger charge is -2.06. The molecule has 6 rings (SSSR count). The molecule has 0 bridgehead atoms. The van der Waals surface area contributed by atoms with Gasteiger partial charge in [-0.1, -0.05) is 4.68 Å². The Kier molecular flexibility index (Phi) is 3.56. The van der Waals surface area contributed by atoms with E-state index in [-0.39, 0.29) is 0 Å². The van der Waals surface area contributed by atoms with Gasteiger partial charge in [0, 0.05) is 47.2 Å². The van der Waals surface area contributed by atoms with Crippen molar-refractivity contribution < 1.29 is 4.68 Å². The van der Waals surface area contributed by atoms with Crippen LogP contribution < -0.4 is 4.68 Å². The lowest BCUT2D eigenvalue weighted by atomic mass is 10.1. The summed E-state index contributed by atoms with van der Waals surface area (Å²) < 4.78 is 4.31. The Morgan fingerprint density at radius 3 is 2.87 bits per heavy atom. The zero-order valence-corrected chi connectivity index (χ0v) is 16.8. The van der Waals surface area contributed by atoms with Crippen LogP contribution in [0.4, 0.5) is 0 Å². The molecule has 0 unspecified atom stereocenters. The van der Waals surface area contributed by atoms with Crippen molar-refractivity contribution in [1.82, 2.24) is 24.6 Å². The van der Waals surface area contributed by atoms with Crippen molar-refractivity contribution in [1.29, 1.82) is 0 Å². The maximum absolute atomic E-state index is 4.80. The lowest BCUT2D eigenvalue weighted by Crippen LogP contribution is -2.41. The molecule has 0 spiro atoms. The van der Waals surface area contributed by atoms with Crippen LogP contribution in [-0.2, 0) is 6.42 Å². The molecule has 6 heteroatoms. The number of rotatable bonds is 3. The summed E-state index contributed by atoms with van der Waals surface area (Å²) in [5.41, 5.74) is 9.89. The van der Waals surface area contributed by atoms with E-state index in [1.165, 1.54) is 16.5 Å². The summed E-state index contributed by atoms with van der Waals surface area (Å²) in [6.45, 7) is 4.14. The number of aryl methyl sites for hydroxylation is 2. The molecule has 6 aromatic rings. The highest BCUT2D eigenvalue weighted by Crippen LogP contribution is 2.22. The van der Waals surface area contributed by atoms with Gasteiger partial charge in [-0.25, -0.2) is 0 Å². The van der Waals surface area contributed by atoms with Gasteiger partial charge in [0.05, 0.1) is 23.4 Å². The Bertz CT molecular complexity index is 1550. The number of aromatic amines is 2. The first-order valence-electron chi connectivity index (χ1n) is 10.1. The molecular weight excluding hydrogens is 372 g/mol. The summed E-state index contributed by atoms with van der Waals surface area (Å²) in [6, 6.07) is 12.7. The van der Waals surface area contributed by atoms with E-state index in [9.17, 15) is 0 Å². The zero-order valence-electron chi connectivity index (χ0n) is 16.8. The third kappa shape index (κ3) is 2.61. The molecule has 6 nitrogen and oxygen atoms in total. The molecule has 0 saturated heterocycles. The molecular formula is C24H21N6+. The van der Waals surface area contributed by atoms with E-state index < -0.39 is 0 Å². The Morgan fingerprint density at radius 2 is 1.93 bits per heavy atom. The van der Waals surface area contributed by atoms with E-state index in [0.717, 1.165) is 45.4 Å². The van der Waals surface area contributed by atoms with E-state index >= 15 is 0 Å². The molecule has 0 saturated carbocycles. The zero-order chi connectivity index (χ0) is 20.2. The molecule has 6 heterocycles. The number of hydrogen-bond acceptors (Lipinski definition) is 2. The topological polar surface area (TPSA) is 66.2 Å². The van der Waals surface area contributed by atoms with Gasteiger partial charge < -0.3 is 9.97 Å². The van der Waals surface area contributed by atoms with Crippen LogP contribution in [0.15, 0.2) is 67.4 Å². The summed E-state index contributed by atoms with van der Waals surface area (Å²) >= 11 is 0. The molecule has 30 heavy (non-hydrogen) atoms. The minimum Gasteiger partial charge on any atom is -0.360 e. The Labute approximate surface area is 172 Å². The fourth-order valence-corrected chi connectivity index (χ4v) is 4.34. The Hall–Kier alpha value is -3.93. The van der Waals surface area contributed by atoms with E-state index in [1.54, 1.807) is 0 Å². The van der Waals surface area contributed by atoms with Crippen LogP contribution in [0, 0.1) is 13.8 Å². The van der Waals surface area contributed by atoms with Crippen LogP contribution in [0.1, 0.15) is 22.5 Å². The number of pyridine rings is 3. The van der Waals surface area contributed by atoms with Gasteiger partial charge in [0.25, 0.3) is 5.52 Å². The molecule has 6 aromatic heterocycles. The van der Waals surface area contributed by atoms with Crippen molar-refractivity contribution in [3.63, 3.8) is 0 Å². The summed E-state index contributed by atoms with van der Waals surface area (Å²) in [6.07, 6.45) is 10.9. The lowest BCUT2D eigenvalue weighted by molar-refractivity contribution is -0.699. The molecule has 0 aliphatic rings. The van der Waals surface area contributed by atoms with Gasteiger partial charge in [0.2, 0.25) is 6.20 Å². The molecule has 0 aromatic carbocycles. The number of aromatic nitrogens is 6. The van der Waals surface area contributed by atoms with Gasteiger partial charge in [-0.05, 0) is 49.7 Å². The fourth-order valence-electron chi connectivity index (χ4n) is 4.34. The summed E-state index contributed by atoms with van der Waals surface area (Å²) in [5.74, 6) is 0. The van der Waals surface area contributed by atoms with Crippen molar-refractivity contribution >= 4 is 33.0 Å². The quantitative estimate of drug-likeness (QED) is 0.443. The average molecular weight is 393 g/mol. The first-order valence-corrected chi connectivity index (χ1v) is 10.1. The van der Waals surface area contributed by atoms with Crippen LogP contribution in [-0.4, -0.2) is 24.6 Å². The fraction of sp³-hybridized carbons (Fsp3) is 0.125. The summed E-state index contributed by atoms with van der Waals surface area (Å²) in [5, 5.41) is 1.17. The molecule has 0 fully saturated rings. The van der Waals surface area contributed by atoms with Crippen molar-refractivity contribution in [2.75, 3.05) is 0 Å². The van der Waals surface area contributed by atoms with E-state index in [2.05, 4.69) is 74.0 Å². The summed E-state index contributed by atoms with van der Waals surface area (Å²) in [4.78, 5) is 16.0. The third-order valence-corrected chi connectivity index (χ3v) is 5.64. The highest BCUT2D eigenvalue weighted by atomic mass is 15.4. The average Bonchev–Trinajstić information content (AvgIpc) is 3.45. The van der Waals surface area contributed by atoms with Crippen LogP contribution in [0.5, 0.6) is 0 Å². The number of fused-ring (bicyclic) bond motifs is 3. The van der Waals surface area contributed by atoms with Gasteiger partial charge in [-0.15, -0.1) is 4.68 Å². The second-order valence-corrected chi connectivity index (χ2v) is 7.87. The standard InChI is InChI=1S/C24H20N6/c1-15-9-21-22(4-7-25-21)30(14-15)29-8-5-17-11-19(27-13-23(17)29)12-18-10-16(2)28-20-3-6-26-24(18)20/h3-11,13-14H,12H2,1-2H3,(H,26,28)/p+1. The number of H-pyrrole nitrogens is 2. The van der Waals surface area contributed by atoms with Crippen LogP contribution >= 0.6 is 0 Å². The minimum absolute atomic E-state index is 0.765. The molecule has 2 N–H and O–H groups in total. The number of nitrogens with one attached hydrogen (secondary N) is 2. The van der Waals surface area contributed by atoms with Crippen LogP contribution in [0.2, 0.25) is 0 Å². The predicted molar refractivity (Wildman–Crippen MR) is 117 cm³/mol. The van der Waals surface area contributed by atoms with E-state index in [4.69, 9.17) is 4.98 Å². The molecule has 0 radical (unpaired) electrons. The van der Waals surface area contributed by atoms with Gasteiger partial charge >= 0.3 is 0 Å². The van der Waals surface area contributed by atoms with Gasteiger partial charge in [-0.3, -0.25) is 9.97 Å². The van der Waals surface area contributed by atoms with E-state index in [1.807, 2.05) is 31.6 Å². The van der Waals surface area contributed by atoms with Crippen molar-refractivity contribution in [2.24, 2.45) is 0 Å². The smallest absolute Gasteiger partial charge is 0.260 e. The first kappa shape index (κ1) is 17.0. The van der Waals surface area contributed by atoms with Gasteiger partial charge in [0.1, 0.15) is 11.0 Å². The molecule has 146 valence electrons. The van der Waals surface area contributed by atoms with Crippen molar-refractivity contribution in [3.05, 3.63) is 89.9 Å².